The number of aromatic nitrogens is 2. The number of hydrogen-bond donors (Lipinski definition) is 2. The molecule has 1 aliphatic rings. The van der Waals surface area contributed by atoms with E-state index in [9.17, 15) is 4.79 Å². The minimum Gasteiger partial charge on any atom is -0.399 e. The fraction of sp³-hybridized carbons (Fsp3) is 0.467. The Morgan fingerprint density at radius 1 is 1.52 bits per heavy atom. The van der Waals surface area contributed by atoms with Crippen LogP contribution in [0.1, 0.15) is 6.42 Å². The van der Waals surface area contributed by atoms with Crippen LogP contribution in [-0.4, -0.2) is 48.6 Å². The maximum atomic E-state index is 12.2. The largest absolute Gasteiger partial charge is 0.399 e. The normalized spacial score (nSPS) is 19.2. The van der Waals surface area contributed by atoms with Crippen LogP contribution in [0.4, 0.5) is 11.6 Å². The minimum atomic E-state index is -0.141. The highest BCUT2D eigenvalue weighted by molar-refractivity contribution is 5.81. The molecule has 0 saturated carbocycles. The van der Waals surface area contributed by atoms with Gasteiger partial charge >= 0.3 is 0 Å². The van der Waals surface area contributed by atoms with Gasteiger partial charge in [-0.25, -0.2) is 4.98 Å². The average molecular weight is 287 g/mol. The third kappa shape index (κ3) is 2.85. The molecule has 6 nitrogen and oxygen atoms in total. The zero-order chi connectivity index (χ0) is 15.0. The molecule has 1 saturated heterocycles. The van der Waals surface area contributed by atoms with Gasteiger partial charge in [0.15, 0.2) is 0 Å². The van der Waals surface area contributed by atoms with Crippen LogP contribution < -0.4 is 16.2 Å². The van der Waals surface area contributed by atoms with Gasteiger partial charge in [-0.3, -0.25) is 9.78 Å². The number of rotatable bonds is 3. The topological polar surface area (TPSA) is 78.2 Å². The summed E-state index contributed by atoms with van der Waals surface area (Å²) in [4.78, 5) is 23.9. The number of nitrogen functional groups attached to an aromatic ring is 1. The molecule has 1 aliphatic heterocycles. The van der Waals surface area contributed by atoms with E-state index in [-0.39, 0.29) is 5.56 Å². The third-order valence-corrected chi connectivity index (χ3v) is 4.10. The highest BCUT2D eigenvalue weighted by Crippen LogP contribution is 2.18. The van der Waals surface area contributed by atoms with Crippen molar-refractivity contribution in [2.24, 2.45) is 5.92 Å². The van der Waals surface area contributed by atoms with Crippen molar-refractivity contribution in [3.05, 3.63) is 28.6 Å². The van der Waals surface area contributed by atoms with Crippen molar-refractivity contribution in [3.8, 4) is 0 Å². The summed E-state index contributed by atoms with van der Waals surface area (Å²) < 4.78 is 0. The number of nitrogens with two attached hydrogens (primary N) is 1. The van der Waals surface area contributed by atoms with Crippen LogP contribution in [0.15, 0.2) is 23.0 Å². The molecule has 1 fully saturated rings. The van der Waals surface area contributed by atoms with Gasteiger partial charge in [0.05, 0.1) is 10.9 Å². The molecule has 2 aromatic rings. The van der Waals surface area contributed by atoms with E-state index in [0.29, 0.717) is 28.5 Å². The lowest BCUT2D eigenvalue weighted by molar-refractivity contribution is 0.395. The summed E-state index contributed by atoms with van der Waals surface area (Å²) in [5.74, 6) is 1.24. The van der Waals surface area contributed by atoms with Crippen LogP contribution in [-0.2, 0) is 0 Å². The van der Waals surface area contributed by atoms with E-state index in [2.05, 4.69) is 21.9 Å². The Morgan fingerprint density at radius 2 is 2.33 bits per heavy atom. The smallest absolute Gasteiger partial charge is 0.260 e. The van der Waals surface area contributed by atoms with Crippen molar-refractivity contribution < 1.29 is 0 Å². The summed E-state index contributed by atoms with van der Waals surface area (Å²) in [5, 5.41) is 0.535. The standard InChI is InChI=1S/C15H21N5O/c1-19-6-5-10(8-19)9-20(2)15-17-13-4-3-11(16)7-12(13)14(21)18-15/h3-4,7,10H,5-6,8-9,16H2,1-2H3,(H,17,18,21). The van der Waals surface area contributed by atoms with Crippen LogP contribution in [0.3, 0.4) is 0 Å². The number of nitrogens with zero attached hydrogens (tertiary/aromatic N) is 3. The molecular weight excluding hydrogens is 266 g/mol. The molecule has 0 amide bonds. The SMILES string of the molecule is CN1CCC(CN(C)c2nc3ccc(N)cc3c(=O)[nH]2)C1. The molecule has 2 heterocycles. The summed E-state index contributed by atoms with van der Waals surface area (Å²) in [6, 6.07) is 5.22. The molecule has 112 valence electrons. The quantitative estimate of drug-likeness (QED) is 0.820. The van der Waals surface area contributed by atoms with Gasteiger partial charge in [-0.05, 0) is 44.1 Å². The number of fused-ring (bicyclic) bond motifs is 1. The van der Waals surface area contributed by atoms with E-state index in [1.54, 1.807) is 18.2 Å². The van der Waals surface area contributed by atoms with Crippen molar-refractivity contribution in [3.63, 3.8) is 0 Å². The van der Waals surface area contributed by atoms with Crippen molar-refractivity contribution in [2.45, 2.75) is 6.42 Å². The molecule has 0 aliphatic carbocycles. The first-order valence-electron chi connectivity index (χ1n) is 7.22. The van der Waals surface area contributed by atoms with Crippen LogP contribution >= 0.6 is 0 Å². The first-order valence-corrected chi connectivity index (χ1v) is 7.22. The van der Waals surface area contributed by atoms with Crippen LogP contribution in [0.5, 0.6) is 0 Å². The Balaban J connectivity index is 1.86. The fourth-order valence-corrected chi connectivity index (χ4v) is 2.97. The van der Waals surface area contributed by atoms with Gasteiger partial charge in [0.25, 0.3) is 5.56 Å². The Labute approximate surface area is 123 Å². The lowest BCUT2D eigenvalue weighted by Gasteiger charge is -2.21. The molecule has 21 heavy (non-hydrogen) atoms. The lowest BCUT2D eigenvalue weighted by atomic mass is 10.1. The van der Waals surface area contributed by atoms with Crippen LogP contribution in [0, 0.1) is 5.92 Å². The maximum Gasteiger partial charge on any atom is 0.260 e. The second-order valence-corrected chi connectivity index (χ2v) is 5.96. The molecule has 3 rings (SSSR count). The molecular formula is C15H21N5O. The monoisotopic (exact) mass is 287 g/mol. The lowest BCUT2D eigenvalue weighted by Crippen LogP contribution is -2.30. The molecule has 1 aromatic carbocycles. The second-order valence-electron chi connectivity index (χ2n) is 5.96. The van der Waals surface area contributed by atoms with Crippen molar-refractivity contribution in [1.82, 2.24) is 14.9 Å². The van der Waals surface area contributed by atoms with Crippen molar-refractivity contribution >= 4 is 22.5 Å². The number of likely N-dealkylation sites (tertiary alicyclic amines) is 1. The average Bonchev–Trinajstić information content (AvgIpc) is 2.84. The summed E-state index contributed by atoms with van der Waals surface area (Å²) in [6.07, 6.45) is 1.19. The highest BCUT2D eigenvalue weighted by atomic mass is 16.1. The van der Waals surface area contributed by atoms with E-state index < -0.39 is 0 Å². The number of benzene rings is 1. The molecule has 1 unspecified atom stereocenters. The van der Waals surface area contributed by atoms with Crippen molar-refractivity contribution in [2.75, 3.05) is 44.4 Å². The Bertz CT molecular complexity index is 711. The molecule has 1 aromatic heterocycles. The van der Waals surface area contributed by atoms with Crippen LogP contribution in [0.2, 0.25) is 0 Å². The van der Waals surface area contributed by atoms with Gasteiger partial charge in [0.1, 0.15) is 0 Å². The summed E-state index contributed by atoms with van der Waals surface area (Å²) in [5.41, 5.74) is 6.83. The first-order chi connectivity index (χ1) is 10.0. The van der Waals surface area contributed by atoms with Gasteiger partial charge in [-0.2, -0.15) is 0 Å². The number of anilines is 2. The second kappa shape index (κ2) is 5.37. The molecule has 0 spiro atoms. The van der Waals surface area contributed by atoms with Gasteiger partial charge in [-0.15, -0.1) is 0 Å². The summed E-state index contributed by atoms with van der Waals surface area (Å²) in [7, 11) is 4.11. The summed E-state index contributed by atoms with van der Waals surface area (Å²) in [6.45, 7) is 3.13. The highest BCUT2D eigenvalue weighted by Gasteiger charge is 2.21. The molecule has 3 N–H and O–H groups in total. The Morgan fingerprint density at radius 3 is 3.05 bits per heavy atom. The number of aromatic amines is 1. The molecule has 0 bridgehead atoms. The van der Waals surface area contributed by atoms with Gasteiger partial charge in [0.2, 0.25) is 5.95 Å². The maximum absolute atomic E-state index is 12.2. The summed E-state index contributed by atoms with van der Waals surface area (Å²) >= 11 is 0. The third-order valence-electron chi connectivity index (χ3n) is 4.10. The van der Waals surface area contributed by atoms with E-state index in [4.69, 9.17) is 5.73 Å². The number of hydrogen-bond acceptors (Lipinski definition) is 5. The van der Waals surface area contributed by atoms with Gasteiger partial charge in [-0.1, -0.05) is 0 Å². The fourth-order valence-electron chi connectivity index (χ4n) is 2.97. The van der Waals surface area contributed by atoms with Gasteiger partial charge in [0, 0.05) is 25.8 Å². The number of nitrogens with one attached hydrogen (secondary N) is 1. The van der Waals surface area contributed by atoms with Crippen molar-refractivity contribution in [1.29, 1.82) is 0 Å². The molecule has 6 heteroatoms. The predicted octanol–water partition coefficient (Wildman–Crippen LogP) is 0.893. The number of H-pyrrole nitrogens is 1. The van der Waals surface area contributed by atoms with Gasteiger partial charge < -0.3 is 15.5 Å². The zero-order valence-corrected chi connectivity index (χ0v) is 12.5. The molecule has 0 radical (unpaired) electrons. The van der Waals surface area contributed by atoms with E-state index in [1.807, 2.05) is 11.9 Å². The first kappa shape index (κ1) is 13.9. The Kier molecular flexibility index (Phi) is 3.55. The molecule has 1 atom stereocenters. The van der Waals surface area contributed by atoms with E-state index >= 15 is 0 Å². The zero-order valence-electron chi connectivity index (χ0n) is 12.5. The predicted molar refractivity (Wildman–Crippen MR) is 85.7 cm³/mol. The minimum absolute atomic E-state index is 0.141. The van der Waals surface area contributed by atoms with Crippen LogP contribution in [0.25, 0.3) is 10.9 Å². The van der Waals surface area contributed by atoms with E-state index in [0.717, 1.165) is 19.6 Å². The Hall–Kier alpha value is -2.08. The van der Waals surface area contributed by atoms with E-state index in [1.165, 1.54) is 6.42 Å².